The Kier molecular flexibility index (Phi) is 7.25. The van der Waals surface area contributed by atoms with Crippen molar-refractivity contribution in [2.24, 2.45) is 0 Å². The average molecular weight is 685 g/mol. The van der Waals surface area contributed by atoms with Crippen molar-refractivity contribution in [1.82, 2.24) is 29.1 Å². The molecular weight excluding hydrogens is 646 g/mol. The molecule has 1 unspecified atom stereocenters. The Hall–Kier alpha value is -4.82. The van der Waals surface area contributed by atoms with Crippen molar-refractivity contribution in [3.8, 4) is 28.7 Å². The average Bonchev–Trinajstić information content (AvgIpc) is 3.84. The van der Waals surface area contributed by atoms with Crippen LogP contribution in [0.25, 0.3) is 44.7 Å². The lowest BCUT2D eigenvalue weighted by Gasteiger charge is -2.37. The molecule has 0 spiro atoms. The molecule has 50 heavy (non-hydrogen) atoms. The van der Waals surface area contributed by atoms with Crippen molar-refractivity contribution in [2.75, 3.05) is 82.9 Å². The molecule has 260 valence electrons. The molecule has 14 heteroatoms. The summed E-state index contributed by atoms with van der Waals surface area (Å²) in [5, 5.41) is 8.78. The highest BCUT2D eigenvalue weighted by molar-refractivity contribution is 5.94. The van der Waals surface area contributed by atoms with Gasteiger partial charge in [-0.3, -0.25) is 9.59 Å². The smallest absolute Gasteiger partial charge is 0.253 e. The van der Waals surface area contributed by atoms with E-state index in [1.165, 1.54) is 12.1 Å². The van der Waals surface area contributed by atoms with E-state index in [1.54, 1.807) is 18.5 Å². The molecule has 3 fully saturated rings. The number of hydrogen-bond donors (Lipinski definition) is 0. The minimum absolute atomic E-state index is 0.0725. The molecule has 3 aliphatic heterocycles. The summed E-state index contributed by atoms with van der Waals surface area (Å²) >= 11 is 0. The van der Waals surface area contributed by atoms with Gasteiger partial charge in [0.05, 0.1) is 28.1 Å². The molecule has 0 amide bonds. The highest BCUT2D eigenvalue weighted by Crippen LogP contribution is 2.43. The van der Waals surface area contributed by atoms with Crippen LogP contribution in [-0.4, -0.2) is 102 Å². The Labute approximate surface area is 286 Å². The van der Waals surface area contributed by atoms with Crippen LogP contribution in [0.2, 0.25) is 0 Å². The molecule has 4 aliphatic rings. The lowest BCUT2D eigenvalue weighted by molar-refractivity contribution is 0.245. The van der Waals surface area contributed by atoms with Gasteiger partial charge < -0.3 is 37.9 Å². The van der Waals surface area contributed by atoms with Crippen LogP contribution in [0.5, 0.6) is 5.75 Å². The predicted octanol–water partition coefficient (Wildman–Crippen LogP) is 4.10. The Morgan fingerprint density at radius 3 is 1.96 bits per heavy atom. The number of aromatic nitrogens is 4. The van der Waals surface area contributed by atoms with Gasteiger partial charge in [-0.25, -0.2) is 8.78 Å². The van der Waals surface area contributed by atoms with Crippen LogP contribution in [0, 0.1) is 11.6 Å². The van der Waals surface area contributed by atoms with Gasteiger partial charge in [-0.2, -0.15) is 0 Å². The van der Waals surface area contributed by atoms with Crippen molar-refractivity contribution in [3.05, 3.63) is 62.7 Å². The third kappa shape index (κ3) is 4.98. The number of anilines is 2. The molecule has 9 rings (SSSR count). The molecule has 0 bridgehead atoms. The zero-order chi connectivity index (χ0) is 34.4. The fourth-order valence-electron chi connectivity index (χ4n) is 7.59. The van der Waals surface area contributed by atoms with Gasteiger partial charge in [0.2, 0.25) is 10.9 Å². The Morgan fingerprint density at radius 2 is 1.32 bits per heavy atom. The third-order valence-electron chi connectivity index (χ3n) is 10.7. The Morgan fingerprint density at radius 1 is 0.740 bits per heavy atom. The first-order valence-corrected chi connectivity index (χ1v) is 17.3. The van der Waals surface area contributed by atoms with Crippen molar-refractivity contribution in [3.63, 3.8) is 0 Å². The molecule has 2 aromatic carbocycles. The third-order valence-corrected chi connectivity index (χ3v) is 10.7. The Bertz CT molecular complexity index is 2300. The fourth-order valence-corrected chi connectivity index (χ4v) is 7.59. The maximum atomic E-state index is 15.9. The standard InChI is InChI=1S/C36H38F2N8O4/c1-20-19-49-34-30-23(15-27(38)31(34)44-12-8-42(3)9-13-44)33(48)24(17-45(20)30)35-39-40-36(50-35)25-18-46(21-4-5-21)28-16-29(26(37)14-22(28)32(25)47)43-10-6-41(2)7-11-43/h14-18,20-21H,4-13,19H2,1-3H3. The summed E-state index contributed by atoms with van der Waals surface area (Å²) in [6, 6.07) is 4.36. The number of likely N-dealkylation sites (N-methyl/N-ethyl adjacent to an activating group) is 2. The van der Waals surface area contributed by atoms with Gasteiger partial charge in [0, 0.05) is 76.2 Å². The number of nitrogens with zero attached hydrogens (tertiary/aromatic N) is 8. The maximum Gasteiger partial charge on any atom is 0.253 e. The van der Waals surface area contributed by atoms with Crippen LogP contribution in [0.3, 0.4) is 0 Å². The SMILES string of the molecule is CC1COc2c(N3CCN(C)CC3)c(F)cc3c(=O)c(-c4nnc(-c5cn(C6CC6)c6cc(N7CCN(C)CC7)c(F)cc6c5=O)o4)cn1c23. The minimum atomic E-state index is -0.529. The number of halogens is 2. The zero-order valence-corrected chi connectivity index (χ0v) is 28.3. The predicted molar refractivity (Wildman–Crippen MR) is 187 cm³/mol. The molecule has 12 nitrogen and oxygen atoms in total. The summed E-state index contributed by atoms with van der Waals surface area (Å²) in [4.78, 5) is 36.4. The van der Waals surface area contributed by atoms with E-state index in [1.807, 2.05) is 40.0 Å². The van der Waals surface area contributed by atoms with E-state index < -0.39 is 22.5 Å². The minimum Gasteiger partial charge on any atom is -0.487 e. The van der Waals surface area contributed by atoms with E-state index >= 15 is 8.78 Å². The number of hydrogen-bond acceptors (Lipinski definition) is 10. The zero-order valence-electron chi connectivity index (χ0n) is 28.3. The van der Waals surface area contributed by atoms with Crippen LogP contribution < -0.4 is 25.4 Å². The van der Waals surface area contributed by atoms with Crippen molar-refractivity contribution < 1.29 is 17.9 Å². The molecule has 5 aromatic rings. The van der Waals surface area contributed by atoms with Crippen LogP contribution in [0.15, 0.2) is 44.6 Å². The number of pyridine rings is 2. The monoisotopic (exact) mass is 684 g/mol. The number of benzene rings is 2. The van der Waals surface area contributed by atoms with E-state index in [9.17, 15) is 9.59 Å². The van der Waals surface area contributed by atoms with Crippen molar-refractivity contribution in [2.45, 2.75) is 31.8 Å². The van der Waals surface area contributed by atoms with Gasteiger partial charge in [-0.15, -0.1) is 10.2 Å². The molecule has 1 saturated carbocycles. The maximum absolute atomic E-state index is 15.9. The summed E-state index contributed by atoms with van der Waals surface area (Å²) in [6.07, 6.45) is 5.23. The molecular formula is C36H38F2N8O4. The number of piperazine rings is 2. The van der Waals surface area contributed by atoms with Gasteiger partial charge in [0.1, 0.15) is 29.2 Å². The second-order valence-corrected chi connectivity index (χ2v) is 14.2. The van der Waals surface area contributed by atoms with Crippen LogP contribution in [0.4, 0.5) is 20.2 Å². The molecule has 2 saturated heterocycles. The van der Waals surface area contributed by atoms with Crippen molar-refractivity contribution in [1.29, 1.82) is 0 Å². The summed E-state index contributed by atoms with van der Waals surface area (Å²) in [6.45, 7) is 8.14. The first kappa shape index (κ1) is 31.2. The lowest BCUT2D eigenvalue weighted by Crippen LogP contribution is -2.45. The van der Waals surface area contributed by atoms with Gasteiger partial charge in [-0.05, 0) is 52.1 Å². The number of ether oxygens (including phenoxy) is 1. The fraction of sp³-hybridized carbons (Fsp3) is 0.444. The number of fused-ring (bicyclic) bond motifs is 1. The molecule has 6 heterocycles. The Balaban J connectivity index is 1.14. The highest BCUT2D eigenvalue weighted by atomic mass is 19.1. The second-order valence-electron chi connectivity index (χ2n) is 14.2. The lowest BCUT2D eigenvalue weighted by atomic mass is 10.1. The summed E-state index contributed by atoms with van der Waals surface area (Å²) in [5.41, 5.74) is 1.34. The second kappa shape index (κ2) is 11.6. The van der Waals surface area contributed by atoms with E-state index in [2.05, 4.69) is 20.0 Å². The van der Waals surface area contributed by atoms with E-state index in [-0.39, 0.29) is 52.4 Å². The molecule has 3 aromatic heterocycles. The van der Waals surface area contributed by atoms with Crippen molar-refractivity contribution >= 4 is 33.2 Å². The largest absolute Gasteiger partial charge is 0.487 e. The van der Waals surface area contributed by atoms with Gasteiger partial charge >= 0.3 is 0 Å². The van der Waals surface area contributed by atoms with Crippen LogP contribution in [-0.2, 0) is 0 Å². The van der Waals surface area contributed by atoms with E-state index in [0.29, 0.717) is 54.3 Å². The molecule has 1 aliphatic carbocycles. The summed E-state index contributed by atoms with van der Waals surface area (Å²) in [7, 11) is 4.08. The van der Waals surface area contributed by atoms with E-state index in [0.717, 1.165) is 39.0 Å². The normalized spacial score (nSPS) is 20.2. The molecule has 1 atom stereocenters. The molecule has 0 N–H and O–H groups in total. The summed E-state index contributed by atoms with van der Waals surface area (Å²) in [5.74, 6) is -0.788. The first-order chi connectivity index (χ1) is 24.2. The van der Waals surface area contributed by atoms with Crippen LogP contribution in [0.1, 0.15) is 31.8 Å². The van der Waals surface area contributed by atoms with Gasteiger partial charge in [0.25, 0.3) is 11.8 Å². The quantitative estimate of drug-likeness (QED) is 0.269. The van der Waals surface area contributed by atoms with Gasteiger partial charge in [-0.1, -0.05) is 0 Å². The first-order valence-electron chi connectivity index (χ1n) is 17.3. The highest BCUT2D eigenvalue weighted by Gasteiger charge is 2.32. The number of rotatable bonds is 5. The van der Waals surface area contributed by atoms with Crippen LogP contribution >= 0.6 is 0 Å². The molecule has 0 radical (unpaired) electrons. The van der Waals surface area contributed by atoms with Gasteiger partial charge in [0.15, 0.2) is 11.6 Å². The topological polar surface area (TPSA) is 105 Å². The van der Waals surface area contributed by atoms with E-state index in [4.69, 9.17) is 9.15 Å². The summed E-state index contributed by atoms with van der Waals surface area (Å²) < 4.78 is 47.7.